The Bertz CT molecular complexity index is 5800. The summed E-state index contributed by atoms with van der Waals surface area (Å²) < 4.78 is 27.3. The van der Waals surface area contributed by atoms with Crippen molar-refractivity contribution in [2.24, 2.45) is 41.1 Å². The van der Waals surface area contributed by atoms with Crippen molar-refractivity contribution in [1.29, 1.82) is 0 Å². The van der Waals surface area contributed by atoms with Gasteiger partial charge in [-0.15, -0.1) is 12.4 Å². The molecule has 0 spiro atoms. The molecule has 12 aromatic rings. The molecule has 0 aliphatic rings. The molecule has 0 radical (unpaired) electrons. The van der Waals surface area contributed by atoms with E-state index in [9.17, 15) is 43.5 Å². The number of carboxylic acid groups (broad SMARTS) is 1. The highest BCUT2D eigenvalue weighted by atomic mass is 35.5. The molecular weight excluding hydrogens is 1670 g/mol. The Morgan fingerprint density at radius 1 is 0.385 bits per heavy atom. The summed E-state index contributed by atoms with van der Waals surface area (Å²) in [5, 5.41) is 47.1. The number of hydrogen-bond donors (Lipinski definition) is 9. The van der Waals surface area contributed by atoms with Gasteiger partial charge in [-0.05, 0) is 221 Å². The van der Waals surface area contributed by atoms with Gasteiger partial charge in [-0.1, -0.05) is 219 Å². The van der Waals surface area contributed by atoms with Gasteiger partial charge in [0.1, 0.15) is 40.4 Å². The van der Waals surface area contributed by atoms with Crippen LogP contribution in [0.15, 0.2) is 255 Å². The van der Waals surface area contributed by atoms with Crippen molar-refractivity contribution in [3.8, 4) is 17.1 Å². The molecule has 28 heteroatoms. The Morgan fingerprint density at radius 3 is 1.03 bits per heavy atom. The largest absolute Gasteiger partial charge is 0.481 e. The van der Waals surface area contributed by atoms with Crippen molar-refractivity contribution in [1.82, 2.24) is 40.0 Å². The number of aliphatic hydroxyl groups excluding tert-OH is 1. The number of aliphatic carboxylic acids is 1. The number of carboxylic acids is 1. The van der Waals surface area contributed by atoms with Crippen molar-refractivity contribution in [2.45, 2.75) is 173 Å². The van der Waals surface area contributed by atoms with Gasteiger partial charge < -0.3 is 67.2 Å². The van der Waals surface area contributed by atoms with Crippen LogP contribution in [-0.2, 0) is 53.0 Å². The highest BCUT2D eigenvalue weighted by molar-refractivity contribution is 6.05. The minimum absolute atomic E-state index is 0. The van der Waals surface area contributed by atoms with Gasteiger partial charge in [-0.3, -0.25) is 28.8 Å². The van der Waals surface area contributed by atoms with E-state index in [1.54, 1.807) is 96.3 Å². The number of nitrogens with two attached hydrogens (primary N) is 2. The van der Waals surface area contributed by atoms with Gasteiger partial charge >= 0.3 is 30.1 Å². The quantitative estimate of drug-likeness (QED) is 0.0162. The fraction of sp³-hybridized carbons (Fsp3) is 0.304. The number of aliphatic hydroxyl groups is 1. The van der Waals surface area contributed by atoms with Crippen molar-refractivity contribution in [2.75, 3.05) is 16.0 Å². The topological polar surface area (TPSA) is 380 Å². The lowest BCUT2D eigenvalue weighted by Gasteiger charge is -2.23. The summed E-state index contributed by atoms with van der Waals surface area (Å²) in [4.78, 5) is 100. The van der Waals surface area contributed by atoms with E-state index in [0.717, 1.165) is 44.6 Å². The summed E-state index contributed by atoms with van der Waals surface area (Å²) in [6.45, 7) is 32.3. The number of aromatic nitrogens is 6. The van der Waals surface area contributed by atoms with Crippen LogP contribution in [0.2, 0.25) is 0 Å². The minimum Gasteiger partial charge on any atom is -0.481 e. The van der Waals surface area contributed by atoms with Crippen molar-refractivity contribution < 1.29 is 67.5 Å². The lowest BCUT2D eigenvalue weighted by Crippen LogP contribution is -2.37. The van der Waals surface area contributed by atoms with E-state index < -0.39 is 59.7 Å². The number of rotatable bonds is 28. The lowest BCUT2D eigenvalue weighted by atomic mass is 9.97. The number of aryl methyl sites for hydroxylation is 3. The summed E-state index contributed by atoms with van der Waals surface area (Å²) in [7, 11) is 0. The smallest absolute Gasteiger partial charge is 0.407 e. The summed E-state index contributed by atoms with van der Waals surface area (Å²) in [6, 6.07) is 76.9. The first-order chi connectivity index (χ1) is 61.2. The fourth-order valence-electron chi connectivity index (χ4n) is 12.9. The Morgan fingerprint density at radius 2 is 0.700 bits per heavy atom. The fourth-order valence-corrected chi connectivity index (χ4v) is 12.9. The van der Waals surface area contributed by atoms with Gasteiger partial charge in [0.2, 0.25) is 0 Å². The Kier molecular flexibility index (Phi) is 36.9. The third-order valence-electron chi connectivity index (χ3n) is 20.5. The number of ether oxygens (including phenoxy) is 4. The molecule has 0 fully saturated rings. The average molecular weight is 1790 g/mol. The molecular formula is C102H120ClN13O14. The average Bonchev–Trinajstić information content (AvgIpc) is 1.63. The first kappa shape index (κ1) is 102. The van der Waals surface area contributed by atoms with Crippen LogP contribution in [0.4, 0.5) is 26.7 Å². The van der Waals surface area contributed by atoms with E-state index in [1.165, 1.54) is 0 Å². The molecule has 3 heterocycles. The maximum atomic E-state index is 13.6. The second-order valence-electron chi connectivity index (χ2n) is 34.4. The first-order valence-electron chi connectivity index (χ1n) is 42.8. The van der Waals surface area contributed by atoms with Crippen molar-refractivity contribution >= 4 is 77.3 Å². The van der Waals surface area contributed by atoms with Crippen LogP contribution in [0.3, 0.4) is 0 Å². The number of carbonyl (C=O) groups is 8. The highest BCUT2D eigenvalue weighted by Gasteiger charge is 2.30. The zero-order valence-electron chi connectivity index (χ0n) is 76.6. The van der Waals surface area contributed by atoms with Gasteiger partial charge in [-0.2, -0.15) is 15.3 Å². The van der Waals surface area contributed by atoms with Gasteiger partial charge in [0.25, 0.3) is 17.7 Å². The molecule has 3 aromatic heterocycles. The molecule has 5 amide bonds. The Labute approximate surface area is 766 Å². The second kappa shape index (κ2) is 47.3. The first-order valence-corrected chi connectivity index (χ1v) is 42.8. The molecule has 11 N–H and O–H groups in total. The number of halogens is 1. The van der Waals surface area contributed by atoms with E-state index in [4.69, 9.17) is 35.5 Å². The number of alkyl carbamates (subject to hydrolysis) is 2. The molecule has 0 aliphatic heterocycles. The number of nitrogens with zero attached hydrogens (tertiary/aromatic N) is 6. The van der Waals surface area contributed by atoms with Crippen LogP contribution in [-0.4, -0.2) is 105 Å². The van der Waals surface area contributed by atoms with E-state index in [1.807, 2.05) is 290 Å². The zero-order valence-corrected chi connectivity index (χ0v) is 77.4. The standard InChI is InChI=1S/C36H42N4O5.C30H33N5O3.C30H32N4O4.C6H12O2.ClH/c1-23(2)25(4)34(42)44-32(27-14-9-8-10-15-27)28-16-12-17-29(21-28)38-33(41)31-19-24(3)39-40(31)30-18-11-13-26(20-30)22-37-35(43)45-36(5,6)7;1-19(2)27(32)30(37)38-28(22-10-5-4-6-11-22)23-12-8-13-24(17-23)33-29(36)26-15-20(3)34-35(26)25-14-7-9-21(16-25)18-31;1-20-16-26(28(36)32-24-14-9-13-23(18-24)27(35)22-11-6-5-7-12-22)34(33-20)25-15-8-10-21(17-25)19-31-29(37)38-30(2,3)4;1-4(2)5(3)6(7)8;/h8-21,23,25,32H,22H2,1-7H3,(H,37,43)(H,38,41);4-17,19,27-28H,18,31-32H2,1-3H3,(H,33,36);5-18,27,35H,19H2,1-4H3,(H,31,37)(H,32,36);4-5H,1-3H3,(H,7,8);1H/t25-,32?;27-,28?;;5-;/m00.0./s1. The Hall–Kier alpha value is -13.9. The molecule has 3 unspecified atom stereocenters. The summed E-state index contributed by atoms with van der Waals surface area (Å²) in [5.41, 5.74) is 24.7. The zero-order chi connectivity index (χ0) is 94.0. The van der Waals surface area contributed by atoms with Crippen molar-refractivity contribution in [3.63, 3.8) is 0 Å². The predicted octanol–water partition coefficient (Wildman–Crippen LogP) is 19.2. The van der Waals surface area contributed by atoms with Crippen molar-refractivity contribution in [3.05, 3.63) is 339 Å². The highest BCUT2D eigenvalue weighted by Crippen LogP contribution is 2.34. The second-order valence-corrected chi connectivity index (χ2v) is 34.4. The van der Waals surface area contributed by atoms with Crippen LogP contribution in [0, 0.1) is 50.4 Å². The van der Waals surface area contributed by atoms with Crippen LogP contribution in [0.25, 0.3) is 17.1 Å². The molecule has 9 aromatic carbocycles. The third kappa shape index (κ3) is 30.1. The normalized spacial score (nSPS) is 12.5. The van der Waals surface area contributed by atoms with Gasteiger partial charge in [-0.25, -0.2) is 23.6 Å². The van der Waals surface area contributed by atoms with Crippen LogP contribution < -0.4 is 38.1 Å². The number of esters is 2. The van der Waals surface area contributed by atoms with Gasteiger partial charge in [0, 0.05) is 36.7 Å². The number of benzene rings is 9. The molecule has 0 aliphatic carbocycles. The molecule has 6 atom stereocenters. The number of nitrogens with one attached hydrogen (secondary N) is 5. The maximum Gasteiger partial charge on any atom is 0.407 e. The molecule has 684 valence electrons. The third-order valence-corrected chi connectivity index (χ3v) is 20.5. The molecule has 0 saturated carbocycles. The Balaban J connectivity index is 0.000000230. The number of amides is 5. The predicted molar refractivity (Wildman–Crippen MR) is 507 cm³/mol. The van der Waals surface area contributed by atoms with Crippen LogP contribution in [0.5, 0.6) is 0 Å². The lowest BCUT2D eigenvalue weighted by molar-refractivity contribution is -0.153. The van der Waals surface area contributed by atoms with Crippen LogP contribution >= 0.6 is 12.4 Å². The van der Waals surface area contributed by atoms with E-state index >= 15 is 0 Å². The molecule has 130 heavy (non-hydrogen) atoms. The number of anilines is 3. The SMILES string of the molecule is CC(C)[C@H](C)C(=O)O.Cc1cc(C(=O)Nc2cccc(C(O)c3ccccc3)c2)n(-c2cccc(CNC(=O)OC(C)(C)C)c2)n1.Cc1cc(C(=O)Nc2cccc(C(OC(=O)[C@@H](C)C(C)C)c3ccccc3)c2)n(-c2cccc(CNC(=O)OC(C)(C)C)c2)n1.Cc1cc(C(=O)Nc2cccc(C(OC(=O)[C@@H](N)C(C)C)c3ccccc3)c2)n(-c2cccc(CN)c2)n1.Cl. The summed E-state index contributed by atoms with van der Waals surface area (Å²) in [6.07, 6.45) is -3.14. The van der Waals surface area contributed by atoms with E-state index in [-0.39, 0.29) is 78.8 Å². The number of hydrogen-bond acceptors (Lipinski definition) is 18. The monoisotopic (exact) mass is 1790 g/mol. The molecule has 27 nitrogen and oxygen atoms in total. The maximum absolute atomic E-state index is 13.6. The van der Waals surface area contributed by atoms with E-state index in [0.29, 0.717) is 80.3 Å². The van der Waals surface area contributed by atoms with Gasteiger partial charge in [0.05, 0.1) is 46.0 Å². The van der Waals surface area contributed by atoms with E-state index in [2.05, 4.69) is 41.9 Å². The molecule has 0 bridgehead atoms. The minimum atomic E-state index is -0.808. The molecule has 12 rings (SSSR count). The summed E-state index contributed by atoms with van der Waals surface area (Å²) in [5.74, 6) is -2.66. The summed E-state index contributed by atoms with van der Waals surface area (Å²) >= 11 is 0. The molecule has 0 saturated heterocycles. The van der Waals surface area contributed by atoms with Crippen LogP contribution in [0.1, 0.15) is 214 Å². The van der Waals surface area contributed by atoms with Gasteiger partial charge in [0.15, 0.2) is 12.2 Å². The number of carbonyl (C=O) groups excluding carboxylic acids is 7.